The van der Waals surface area contributed by atoms with E-state index in [4.69, 9.17) is 4.99 Å². The van der Waals surface area contributed by atoms with Crippen molar-refractivity contribution in [2.75, 3.05) is 0 Å². The minimum atomic E-state index is 0.528. The highest BCUT2D eigenvalue weighted by atomic mass is 32.1. The van der Waals surface area contributed by atoms with E-state index in [1.54, 1.807) is 17.5 Å². The van der Waals surface area contributed by atoms with Gasteiger partial charge >= 0.3 is 0 Å². The van der Waals surface area contributed by atoms with Crippen LogP contribution in [0.25, 0.3) is 22.0 Å². The van der Waals surface area contributed by atoms with Crippen molar-refractivity contribution in [1.29, 1.82) is 0 Å². The first-order valence-corrected chi connectivity index (χ1v) is 10.4. The highest BCUT2D eigenvalue weighted by molar-refractivity contribution is 7.07. The fraction of sp³-hybridized carbons (Fsp3) is 0.217. The summed E-state index contributed by atoms with van der Waals surface area (Å²) < 4.78 is 2.48. The number of aromatic nitrogens is 2. The smallest absolute Gasteiger partial charge is 0.190 e. The molecule has 4 heteroatoms. The van der Waals surface area contributed by atoms with Crippen LogP contribution in [0.2, 0.25) is 0 Å². The third-order valence-electron chi connectivity index (χ3n) is 5.37. The molecule has 5 rings (SSSR count). The van der Waals surface area contributed by atoms with Crippen molar-refractivity contribution in [3.05, 3.63) is 77.2 Å². The number of nitrogens with zero attached hydrogens (tertiary/aromatic N) is 3. The summed E-state index contributed by atoms with van der Waals surface area (Å²) in [4.78, 5) is 10.2. The average Bonchev–Trinajstić information content (AvgIpc) is 3.38. The average molecular weight is 372 g/mol. The van der Waals surface area contributed by atoms with Crippen LogP contribution in [0.4, 0.5) is 5.69 Å². The lowest BCUT2D eigenvalue weighted by atomic mass is 10.0. The SMILES string of the molecule is c1cncc(N=c2scc(-c3cccc4ccccc34)n2C2CCCC2)c1. The van der Waals surface area contributed by atoms with Crippen LogP contribution in [0.1, 0.15) is 31.7 Å². The van der Waals surface area contributed by atoms with E-state index in [0.717, 1.165) is 10.5 Å². The zero-order valence-corrected chi connectivity index (χ0v) is 15.9. The summed E-state index contributed by atoms with van der Waals surface area (Å²) in [5.74, 6) is 0. The van der Waals surface area contributed by atoms with Gasteiger partial charge in [0.2, 0.25) is 0 Å². The Labute approximate surface area is 162 Å². The summed E-state index contributed by atoms with van der Waals surface area (Å²) in [5.41, 5.74) is 3.49. The van der Waals surface area contributed by atoms with E-state index >= 15 is 0 Å². The molecule has 4 aromatic rings. The van der Waals surface area contributed by atoms with Gasteiger partial charge in [-0.2, -0.15) is 0 Å². The van der Waals surface area contributed by atoms with Crippen LogP contribution < -0.4 is 4.80 Å². The summed E-state index contributed by atoms with van der Waals surface area (Å²) >= 11 is 1.73. The Morgan fingerprint density at radius 3 is 2.67 bits per heavy atom. The van der Waals surface area contributed by atoms with E-state index in [1.165, 1.54) is 47.7 Å². The van der Waals surface area contributed by atoms with Crippen molar-refractivity contribution in [1.82, 2.24) is 9.55 Å². The highest BCUT2D eigenvalue weighted by Gasteiger charge is 2.22. The highest BCUT2D eigenvalue weighted by Crippen LogP contribution is 2.36. The Kier molecular flexibility index (Phi) is 4.34. The third-order valence-corrected chi connectivity index (χ3v) is 6.21. The van der Waals surface area contributed by atoms with Crippen LogP contribution >= 0.6 is 11.3 Å². The van der Waals surface area contributed by atoms with Crippen molar-refractivity contribution < 1.29 is 0 Å². The van der Waals surface area contributed by atoms with Crippen LogP contribution in [0.3, 0.4) is 0 Å². The lowest BCUT2D eigenvalue weighted by molar-refractivity contribution is 0.512. The van der Waals surface area contributed by atoms with Crippen LogP contribution in [-0.4, -0.2) is 9.55 Å². The lowest BCUT2D eigenvalue weighted by Gasteiger charge is -2.17. The Bertz CT molecular complexity index is 1130. The Morgan fingerprint density at radius 2 is 1.81 bits per heavy atom. The summed E-state index contributed by atoms with van der Waals surface area (Å²) in [5, 5.41) is 4.86. The van der Waals surface area contributed by atoms with Crippen LogP contribution in [0.15, 0.2) is 77.4 Å². The molecule has 2 aromatic heterocycles. The van der Waals surface area contributed by atoms with Gasteiger partial charge in [-0.25, -0.2) is 4.99 Å². The van der Waals surface area contributed by atoms with Crippen molar-refractivity contribution >= 4 is 27.8 Å². The van der Waals surface area contributed by atoms with Crippen molar-refractivity contribution in [2.45, 2.75) is 31.7 Å². The largest absolute Gasteiger partial charge is 0.313 e. The topological polar surface area (TPSA) is 30.2 Å². The number of hydrogen-bond donors (Lipinski definition) is 0. The Balaban J connectivity index is 1.74. The lowest BCUT2D eigenvalue weighted by Crippen LogP contribution is -2.20. The van der Waals surface area contributed by atoms with Crippen LogP contribution in [-0.2, 0) is 0 Å². The molecule has 27 heavy (non-hydrogen) atoms. The van der Waals surface area contributed by atoms with Crippen molar-refractivity contribution in [3.63, 3.8) is 0 Å². The molecule has 134 valence electrons. The molecule has 0 amide bonds. The van der Waals surface area contributed by atoms with Gasteiger partial charge in [0.15, 0.2) is 4.80 Å². The molecule has 0 aliphatic heterocycles. The van der Waals surface area contributed by atoms with Gasteiger partial charge in [-0.1, -0.05) is 55.3 Å². The van der Waals surface area contributed by atoms with Gasteiger partial charge in [0, 0.05) is 23.2 Å². The standard InChI is InChI=1S/C23H21N3S/c1-4-12-20-17(7-1)8-5-13-21(20)22-16-27-23(25-18-9-6-14-24-15-18)26(22)19-10-2-3-11-19/h1,4-9,12-16,19H,2-3,10-11H2. The molecule has 2 aromatic carbocycles. The number of hydrogen-bond acceptors (Lipinski definition) is 3. The van der Waals surface area contributed by atoms with Gasteiger partial charge in [-0.15, -0.1) is 11.3 Å². The summed E-state index contributed by atoms with van der Waals surface area (Å²) in [6.45, 7) is 0. The molecular formula is C23H21N3S. The normalized spacial score (nSPS) is 15.6. The van der Waals surface area contributed by atoms with Gasteiger partial charge in [0.05, 0.1) is 17.6 Å². The molecule has 0 N–H and O–H groups in total. The molecule has 1 saturated carbocycles. The zero-order valence-electron chi connectivity index (χ0n) is 15.1. The van der Waals surface area contributed by atoms with E-state index in [1.807, 2.05) is 18.3 Å². The molecular weight excluding hydrogens is 350 g/mol. The maximum absolute atomic E-state index is 4.93. The fourth-order valence-corrected chi connectivity index (χ4v) is 5.07. The van der Waals surface area contributed by atoms with Crippen LogP contribution in [0.5, 0.6) is 0 Å². The van der Waals surface area contributed by atoms with E-state index in [9.17, 15) is 0 Å². The number of thiazole rings is 1. The molecule has 1 aliphatic carbocycles. The summed E-state index contributed by atoms with van der Waals surface area (Å²) in [6, 6.07) is 19.7. The molecule has 0 saturated heterocycles. The van der Waals surface area contributed by atoms with Crippen molar-refractivity contribution in [2.24, 2.45) is 4.99 Å². The molecule has 0 atom stereocenters. The number of fused-ring (bicyclic) bond motifs is 1. The van der Waals surface area contributed by atoms with Gasteiger partial charge < -0.3 is 4.57 Å². The maximum atomic E-state index is 4.93. The summed E-state index contributed by atoms with van der Waals surface area (Å²) in [7, 11) is 0. The number of rotatable bonds is 3. The predicted molar refractivity (Wildman–Crippen MR) is 112 cm³/mol. The van der Waals surface area contributed by atoms with E-state index < -0.39 is 0 Å². The first kappa shape index (κ1) is 16.5. The van der Waals surface area contributed by atoms with E-state index in [0.29, 0.717) is 6.04 Å². The monoisotopic (exact) mass is 371 g/mol. The molecule has 0 spiro atoms. The van der Waals surface area contributed by atoms with E-state index in [2.05, 4.69) is 57.4 Å². The Morgan fingerprint density at radius 1 is 0.963 bits per heavy atom. The quantitative estimate of drug-likeness (QED) is 0.427. The third kappa shape index (κ3) is 3.10. The first-order chi connectivity index (χ1) is 13.4. The predicted octanol–water partition coefficient (Wildman–Crippen LogP) is 6.11. The van der Waals surface area contributed by atoms with Crippen molar-refractivity contribution in [3.8, 4) is 11.3 Å². The molecule has 0 unspecified atom stereocenters. The minimum absolute atomic E-state index is 0.528. The Hall–Kier alpha value is -2.72. The first-order valence-electron chi connectivity index (χ1n) is 9.53. The summed E-state index contributed by atoms with van der Waals surface area (Å²) in [6.07, 6.45) is 8.68. The second kappa shape index (κ2) is 7.12. The molecule has 0 bridgehead atoms. The van der Waals surface area contributed by atoms with Gasteiger partial charge in [0.1, 0.15) is 0 Å². The molecule has 3 nitrogen and oxygen atoms in total. The zero-order chi connectivity index (χ0) is 18.1. The second-order valence-electron chi connectivity index (χ2n) is 7.06. The second-order valence-corrected chi connectivity index (χ2v) is 7.90. The molecule has 1 aliphatic rings. The van der Waals surface area contributed by atoms with Gasteiger partial charge in [0.25, 0.3) is 0 Å². The minimum Gasteiger partial charge on any atom is -0.313 e. The van der Waals surface area contributed by atoms with E-state index in [-0.39, 0.29) is 0 Å². The number of pyridine rings is 1. The van der Waals surface area contributed by atoms with Gasteiger partial charge in [-0.3, -0.25) is 4.98 Å². The van der Waals surface area contributed by atoms with Gasteiger partial charge in [-0.05, 0) is 35.7 Å². The fourth-order valence-electron chi connectivity index (χ4n) is 4.09. The molecule has 0 radical (unpaired) electrons. The molecule has 1 fully saturated rings. The number of benzene rings is 2. The van der Waals surface area contributed by atoms with Crippen LogP contribution in [0, 0.1) is 0 Å². The maximum Gasteiger partial charge on any atom is 0.190 e. The molecule has 2 heterocycles.